The average Bonchev–Trinajstić information content (AvgIpc) is 3.51. The number of aromatic nitrogens is 12. The van der Waals surface area contributed by atoms with Crippen LogP contribution in [-0.4, -0.2) is 94.5 Å². The molecular formula is C58H24N12O6. The molecule has 352 valence electrons. The zero-order valence-electron chi connectivity index (χ0n) is 38.7. The molecule has 6 heterocycles. The Labute approximate surface area is 424 Å². The van der Waals surface area contributed by atoms with Gasteiger partial charge in [-0.1, -0.05) is 97.1 Å². The minimum Gasteiger partial charge on any atom is -0.283 e. The molecule has 18 heteroatoms. The van der Waals surface area contributed by atoms with Gasteiger partial charge in [0.05, 0.1) is 47.6 Å². The maximum atomic E-state index is 14.4. The minimum atomic E-state index is -0.916. The summed E-state index contributed by atoms with van der Waals surface area (Å²) >= 11 is 0. The van der Waals surface area contributed by atoms with Crippen LogP contribution in [0.4, 0.5) is 0 Å². The number of hydrogen-bond donors (Lipinski definition) is 0. The number of ketones is 6. The van der Waals surface area contributed by atoms with E-state index in [0.717, 1.165) is 0 Å². The number of benzene rings is 6. The van der Waals surface area contributed by atoms with Crippen LogP contribution in [0.2, 0.25) is 0 Å². The van der Waals surface area contributed by atoms with Gasteiger partial charge >= 0.3 is 0 Å². The van der Waals surface area contributed by atoms with E-state index in [4.69, 9.17) is 29.9 Å². The lowest BCUT2D eigenvalue weighted by atomic mass is 9.88. The Morgan fingerprint density at radius 3 is 0.618 bits per heavy atom. The molecule has 0 unspecified atom stereocenters. The summed E-state index contributed by atoms with van der Waals surface area (Å²) in [5, 5.41) is 5.55. The summed E-state index contributed by atoms with van der Waals surface area (Å²) in [6.45, 7) is 0. The lowest BCUT2D eigenvalue weighted by molar-refractivity contribution is 0.0808. The molecule has 0 amide bonds. The zero-order valence-corrected chi connectivity index (χ0v) is 38.7. The molecule has 6 aromatic heterocycles. The van der Waals surface area contributed by atoms with Gasteiger partial charge in [0.15, 0.2) is 0 Å². The van der Waals surface area contributed by atoms with E-state index in [1.165, 1.54) is 49.6 Å². The predicted molar refractivity (Wildman–Crippen MR) is 274 cm³/mol. The molecule has 0 atom stereocenters. The normalized spacial score (nSPS) is 13.4. The van der Waals surface area contributed by atoms with E-state index in [0.29, 0.717) is 88.1 Å². The van der Waals surface area contributed by atoms with Crippen molar-refractivity contribution in [2.24, 2.45) is 0 Å². The highest BCUT2D eigenvalue weighted by molar-refractivity contribution is 6.53. The summed E-state index contributed by atoms with van der Waals surface area (Å²) in [6, 6.07) is 30.0. The maximum Gasteiger partial charge on any atom is 0.255 e. The van der Waals surface area contributed by atoms with E-state index in [1.54, 1.807) is 0 Å². The van der Waals surface area contributed by atoms with E-state index < -0.39 is 34.7 Å². The summed E-state index contributed by atoms with van der Waals surface area (Å²) in [4.78, 5) is 137. The molecule has 0 aliphatic heterocycles. The number of Topliss-reactive ketones (excluding diaryl/α,β-unsaturated/α-hetero) is 6. The lowest BCUT2D eigenvalue weighted by Gasteiger charge is -2.20. The van der Waals surface area contributed by atoms with Gasteiger partial charge in [-0.15, -0.1) is 0 Å². The van der Waals surface area contributed by atoms with Crippen molar-refractivity contribution in [3.63, 3.8) is 0 Å². The van der Waals surface area contributed by atoms with Crippen LogP contribution in [0.3, 0.4) is 0 Å². The molecule has 18 nitrogen and oxygen atoms in total. The molecule has 0 N–H and O–H groups in total. The molecule has 0 spiro atoms. The van der Waals surface area contributed by atoms with Crippen molar-refractivity contribution in [3.05, 3.63) is 181 Å². The van der Waals surface area contributed by atoms with E-state index in [9.17, 15) is 28.8 Å². The molecule has 3 aliphatic carbocycles. The van der Waals surface area contributed by atoms with Gasteiger partial charge in [-0.2, -0.15) is 0 Å². The summed E-state index contributed by atoms with van der Waals surface area (Å²) in [7, 11) is 0. The summed E-state index contributed by atoms with van der Waals surface area (Å²) in [5.41, 5.74) is 3.79. The highest BCUT2D eigenvalue weighted by Crippen LogP contribution is 2.46. The van der Waals surface area contributed by atoms with Crippen LogP contribution in [0.15, 0.2) is 147 Å². The molecule has 15 rings (SSSR count). The second kappa shape index (κ2) is 15.7. The van der Waals surface area contributed by atoms with Crippen LogP contribution in [0.1, 0.15) is 62.9 Å². The Morgan fingerprint density at radius 1 is 0.211 bits per heavy atom. The molecule has 0 fully saturated rings. The Hall–Kier alpha value is -11.1. The molecule has 0 bridgehead atoms. The Balaban J connectivity index is 0.856. The van der Waals surface area contributed by atoms with Crippen molar-refractivity contribution in [1.29, 1.82) is 0 Å². The van der Waals surface area contributed by atoms with Crippen LogP contribution in [-0.2, 0) is 0 Å². The van der Waals surface area contributed by atoms with Gasteiger partial charge < -0.3 is 0 Å². The van der Waals surface area contributed by atoms with Gasteiger partial charge in [0.1, 0.15) is 68.3 Å². The van der Waals surface area contributed by atoms with Gasteiger partial charge in [-0.05, 0) is 43.1 Å². The molecule has 0 saturated heterocycles. The van der Waals surface area contributed by atoms with Crippen molar-refractivity contribution < 1.29 is 28.8 Å². The summed E-state index contributed by atoms with van der Waals surface area (Å²) < 4.78 is 0. The fourth-order valence-electron chi connectivity index (χ4n) is 10.7. The highest BCUT2D eigenvalue weighted by atomic mass is 16.2. The van der Waals surface area contributed by atoms with Crippen molar-refractivity contribution in [2.75, 3.05) is 0 Å². The number of carbonyl (C=O) groups excluding carboxylic acids is 6. The van der Waals surface area contributed by atoms with Gasteiger partial charge in [0.2, 0.25) is 0 Å². The molecule has 6 aromatic carbocycles. The summed E-state index contributed by atoms with van der Waals surface area (Å²) in [6.07, 6.45) is 11.7. The standard InChI is InChI=1S/C58H24N12O6/c71-53-47-41(59-17-19-61-47)43-49(55(53)73)67-33(21-63-43)37-25-9-1-5-13-29(25)39(30-14-6-2-10-26(30)37)35-23-65-45-46-52(58(76)57(75)51(45)69-35)70-36(24-66-46)40-31-15-7-3-11-27(31)38(28-12-4-8-16-32(28)40)34-22-64-44-42-48(62-20-18-60-42)54(72)56(74)50(44)68-34/h1-24H. The van der Waals surface area contributed by atoms with E-state index >= 15 is 0 Å². The first-order chi connectivity index (χ1) is 37.2. The van der Waals surface area contributed by atoms with E-state index in [2.05, 4.69) is 29.9 Å². The molecule has 3 aliphatic rings. The van der Waals surface area contributed by atoms with Crippen molar-refractivity contribution in [1.82, 2.24) is 59.8 Å². The number of fused-ring (bicyclic) bond motifs is 13. The number of hydrogen-bond acceptors (Lipinski definition) is 18. The molecule has 0 saturated carbocycles. The predicted octanol–water partition coefficient (Wildman–Crippen LogP) is 8.85. The SMILES string of the molecule is O=C1C(=O)c2nc(-c3c4ccccc4c(-c4cnc5c(n4)C(=O)C(=O)c4nc(-c6c7ccccc7c(-c7cnc8c(n7)C(=O)C(=O)c7nccnc7-8)c7ccccc67)cnc4-5)c4ccccc34)cnc2-c2nccnc21. The number of carbonyl (C=O) groups is 6. The molecule has 12 aromatic rings. The largest absolute Gasteiger partial charge is 0.283 e. The Morgan fingerprint density at radius 2 is 0.395 bits per heavy atom. The van der Waals surface area contributed by atoms with Crippen LogP contribution in [0.25, 0.3) is 122 Å². The number of nitrogens with zero attached hydrogens (tertiary/aromatic N) is 12. The van der Waals surface area contributed by atoms with E-state index in [1.807, 2.05) is 97.1 Å². The zero-order chi connectivity index (χ0) is 51.1. The Bertz CT molecular complexity index is 4390. The van der Waals surface area contributed by atoms with Crippen LogP contribution < -0.4 is 0 Å². The van der Waals surface area contributed by atoms with Crippen molar-refractivity contribution in [2.45, 2.75) is 0 Å². The third kappa shape index (κ3) is 5.85. The Kier molecular flexibility index (Phi) is 8.77. The van der Waals surface area contributed by atoms with Crippen LogP contribution in [0.5, 0.6) is 0 Å². The minimum absolute atomic E-state index is 0.0794. The molecule has 76 heavy (non-hydrogen) atoms. The van der Waals surface area contributed by atoms with Gasteiger partial charge in [0, 0.05) is 47.0 Å². The first kappa shape index (κ1) is 42.5. The van der Waals surface area contributed by atoms with Crippen LogP contribution in [0, 0.1) is 0 Å². The third-order valence-electron chi connectivity index (χ3n) is 14.0. The maximum absolute atomic E-state index is 14.4. The van der Waals surface area contributed by atoms with Gasteiger partial charge in [-0.25, -0.2) is 49.8 Å². The third-order valence-corrected chi connectivity index (χ3v) is 14.0. The quantitative estimate of drug-likeness (QED) is 0.118. The second-order valence-corrected chi connectivity index (χ2v) is 18.0. The van der Waals surface area contributed by atoms with Crippen LogP contribution >= 0.6 is 0 Å². The first-order valence-electron chi connectivity index (χ1n) is 23.5. The van der Waals surface area contributed by atoms with Crippen molar-refractivity contribution in [3.8, 4) is 79.2 Å². The average molecular weight is 985 g/mol. The smallest absolute Gasteiger partial charge is 0.255 e. The first-order valence-corrected chi connectivity index (χ1v) is 23.5. The number of rotatable bonds is 4. The highest BCUT2D eigenvalue weighted by Gasteiger charge is 2.39. The molecule has 0 radical (unpaired) electrons. The summed E-state index contributed by atoms with van der Waals surface area (Å²) in [5.74, 6) is -5.16. The second-order valence-electron chi connectivity index (χ2n) is 18.0. The van der Waals surface area contributed by atoms with Gasteiger partial charge in [0.25, 0.3) is 34.7 Å². The van der Waals surface area contributed by atoms with Gasteiger partial charge in [-0.3, -0.25) is 38.7 Å². The molecular weight excluding hydrogens is 961 g/mol. The fourth-order valence-corrected chi connectivity index (χ4v) is 10.7. The lowest BCUT2D eigenvalue weighted by Crippen LogP contribution is -2.26. The monoisotopic (exact) mass is 984 g/mol. The fraction of sp³-hybridized carbons (Fsp3) is 0. The van der Waals surface area contributed by atoms with E-state index in [-0.39, 0.29) is 68.3 Å². The topological polar surface area (TPSA) is 257 Å². The van der Waals surface area contributed by atoms with Crippen molar-refractivity contribution >= 4 is 77.8 Å².